The molecule has 4 nitrogen and oxygen atoms in total. The second kappa shape index (κ2) is 10.1. The fourth-order valence-corrected chi connectivity index (χ4v) is 6.11. The van der Waals surface area contributed by atoms with E-state index in [4.69, 9.17) is 0 Å². The number of carbonyl (C=O) groups excluding carboxylic acids is 1. The quantitative estimate of drug-likeness (QED) is 0.601. The Bertz CT molecular complexity index is 857. The van der Waals surface area contributed by atoms with E-state index in [0.29, 0.717) is 18.0 Å². The summed E-state index contributed by atoms with van der Waals surface area (Å²) in [5.41, 5.74) is 2.63. The molecule has 3 aliphatic rings. The standard InChI is InChI=1S/C28H37N3O/c32-28-30(26-16-18-29(19-17-26)20-23-10-4-1-5-11-23)22-27(25-14-8-3-9-15-25)31(28)21-24-12-6-2-7-13-24/h1-2,4-7,10-13,25-27H,3,8-9,14-22H2/t27-/m0/s1. The Morgan fingerprint density at radius 2 is 1.31 bits per heavy atom. The van der Waals surface area contributed by atoms with Crippen molar-refractivity contribution in [1.29, 1.82) is 0 Å². The zero-order chi connectivity index (χ0) is 21.8. The van der Waals surface area contributed by atoms with Crippen molar-refractivity contribution in [3.05, 3.63) is 71.8 Å². The topological polar surface area (TPSA) is 26.8 Å². The maximum Gasteiger partial charge on any atom is 0.320 e. The molecule has 1 atom stereocenters. The lowest BCUT2D eigenvalue weighted by Gasteiger charge is -2.36. The lowest BCUT2D eigenvalue weighted by Crippen LogP contribution is -2.46. The molecule has 0 aromatic heterocycles. The fourth-order valence-electron chi connectivity index (χ4n) is 6.11. The van der Waals surface area contributed by atoms with Crippen molar-refractivity contribution in [2.24, 2.45) is 5.92 Å². The van der Waals surface area contributed by atoms with E-state index in [2.05, 4.69) is 75.4 Å². The maximum absolute atomic E-state index is 13.7. The summed E-state index contributed by atoms with van der Waals surface area (Å²) in [5.74, 6) is 0.666. The molecular weight excluding hydrogens is 394 g/mol. The summed E-state index contributed by atoms with van der Waals surface area (Å²) in [6.45, 7) is 4.86. The zero-order valence-corrected chi connectivity index (χ0v) is 19.2. The Labute approximate surface area is 193 Å². The normalized spacial score (nSPS) is 23.8. The molecule has 2 amide bonds. The molecule has 0 unspecified atom stereocenters. The summed E-state index contributed by atoms with van der Waals surface area (Å²) >= 11 is 0. The van der Waals surface area contributed by atoms with Crippen LogP contribution in [-0.4, -0.2) is 52.4 Å². The van der Waals surface area contributed by atoms with Crippen molar-refractivity contribution < 1.29 is 4.79 Å². The molecular formula is C28H37N3O. The highest BCUT2D eigenvalue weighted by Gasteiger charge is 2.44. The van der Waals surface area contributed by atoms with Gasteiger partial charge in [0.1, 0.15) is 0 Å². The predicted molar refractivity (Wildman–Crippen MR) is 129 cm³/mol. The summed E-state index contributed by atoms with van der Waals surface area (Å²) < 4.78 is 0. The molecule has 170 valence electrons. The fraction of sp³-hybridized carbons (Fsp3) is 0.536. The molecule has 5 rings (SSSR count). The molecule has 2 aliphatic heterocycles. The molecule has 1 aliphatic carbocycles. The van der Waals surface area contributed by atoms with Gasteiger partial charge in [-0.25, -0.2) is 4.79 Å². The predicted octanol–water partition coefficient (Wildman–Crippen LogP) is 5.54. The van der Waals surface area contributed by atoms with Crippen LogP contribution in [0.1, 0.15) is 56.1 Å². The SMILES string of the molecule is O=C1N(C2CCN(Cc3ccccc3)CC2)C[C@@H](C2CCCCC2)N1Cc1ccccc1. The minimum atomic E-state index is 0.283. The van der Waals surface area contributed by atoms with E-state index in [0.717, 1.165) is 45.6 Å². The molecule has 0 N–H and O–H groups in total. The largest absolute Gasteiger partial charge is 0.320 e. The van der Waals surface area contributed by atoms with E-state index in [9.17, 15) is 4.79 Å². The van der Waals surface area contributed by atoms with Gasteiger partial charge in [-0.05, 0) is 42.7 Å². The van der Waals surface area contributed by atoms with Crippen molar-refractivity contribution >= 4 is 6.03 Å². The van der Waals surface area contributed by atoms with Gasteiger partial charge in [-0.15, -0.1) is 0 Å². The van der Waals surface area contributed by atoms with Crippen molar-refractivity contribution in [3.63, 3.8) is 0 Å². The van der Waals surface area contributed by atoms with Gasteiger partial charge in [-0.3, -0.25) is 4.90 Å². The van der Waals surface area contributed by atoms with Crippen LogP contribution in [0.3, 0.4) is 0 Å². The minimum absolute atomic E-state index is 0.283. The summed E-state index contributed by atoms with van der Waals surface area (Å²) in [4.78, 5) is 20.7. The number of carbonyl (C=O) groups is 1. The van der Waals surface area contributed by atoms with Crippen LogP contribution >= 0.6 is 0 Å². The average Bonchev–Trinajstić information content (AvgIpc) is 3.17. The molecule has 1 saturated carbocycles. The molecule has 2 aromatic carbocycles. The Morgan fingerprint density at radius 1 is 0.719 bits per heavy atom. The Morgan fingerprint density at radius 3 is 1.94 bits per heavy atom. The van der Waals surface area contributed by atoms with E-state index in [-0.39, 0.29) is 6.03 Å². The lowest BCUT2D eigenvalue weighted by atomic mass is 9.83. The first-order valence-corrected chi connectivity index (χ1v) is 12.7. The van der Waals surface area contributed by atoms with Gasteiger partial charge in [-0.2, -0.15) is 0 Å². The number of urea groups is 1. The number of piperidine rings is 1. The van der Waals surface area contributed by atoms with E-state index in [1.54, 1.807) is 0 Å². The highest BCUT2D eigenvalue weighted by Crippen LogP contribution is 2.35. The van der Waals surface area contributed by atoms with Crippen molar-refractivity contribution in [3.8, 4) is 0 Å². The first-order valence-electron chi connectivity index (χ1n) is 12.7. The third-order valence-electron chi connectivity index (χ3n) is 7.91. The Hall–Kier alpha value is -2.33. The zero-order valence-electron chi connectivity index (χ0n) is 19.2. The van der Waals surface area contributed by atoms with E-state index in [1.165, 1.54) is 43.2 Å². The third kappa shape index (κ3) is 4.85. The van der Waals surface area contributed by atoms with Gasteiger partial charge < -0.3 is 9.80 Å². The van der Waals surface area contributed by atoms with E-state index < -0.39 is 0 Å². The van der Waals surface area contributed by atoms with Crippen LogP contribution in [0.25, 0.3) is 0 Å². The molecule has 2 saturated heterocycles. The summed E-state index contributed by atoms with van der Waals surface area (Å²) in [6.07, 6.45) is 8.77. The van der Waals surface area contributed by atoms with Crippen molar-refractivity contribution in [1.82, 2.24) is 14.7 Å². The molecule has 3 fully saturated rings. The van der Waals surface area contributed by atoms with Gasteiger partial charge in [-0.1, -0.05) is 79.9 Å². The number of nitrogens with zero attached hydrogens (tertiary/aromatic N) is 3. The number of rotatable bonds is 6. The summed E-state index contributed by atoms with van der Waals surface area (Å²) in [7, 11) is 0. The first kappa shape index (κ1) is 21.5. The van der Waals surface area contributed by atoms with Crippen molar-refractivity contribution in [2.75, 3.05) is 19.6 Å². The van der Waals surface area contributed by atoms with Gasteiger partial charge >= 0.3 is 6.03 Å². The number of hydrogen-bond donors (Lipinski definition) is 0. The van der Waals surface area contributed by atoms with E-state index in [1.807, 2.05) is 0 Å². The number of likely N-dealkylation sites (tertiary alicyclic amines) is 1. The first-order chi connectivity index (χ1) is 15.8. The number of benzene rings is 2. The summed E-state index contributed by atoms with van der Waals surface area (Å²) in [6, 6.07) is 22.4. The monoisotopic (exact) mass is 431 g/mol. The average molecular weight is 432 g/mol. The molecule has 0 bridgehead atoms. The van der Waals surface area contributed by atoms with Crippen LogP contribution in [0.5, 0.6) is 0 Å². The van der Waals surface area contributed by atoms with Crippen molar-refractivity contribution in [2.45, 2.75) is 70.1 Å². The number of amides is 2. The Balaban J connectivity index is 1.25. The number of hydrogen-bond acceptors (Lipinski definition) is 2. The molecule has 0 radical (unpaired) electrons. The smallest absolute Gasteiger partial charge is 0.319 e. The van der Waals surface area contributed by atoms with Gasteiger partial charge in [0.25, 0.3) is 0 Å². The van der Waals surface area contributed by atoms with E-state index >= 15 is 0 Å². The molecule has 4 heteroatoms. The van der Waals surface area contributed by atoms with Crippen LogP contribution in [0, 0.1) is 5.92 Å². The van der Waals surface area contributed by atoms with Crippen LogP contribution in [0.15, 0.2) is 60.7 Å². The van der Waals surface area contributed by atoms with Crippen LogP contribution < -0.4 is 0 Å². The van der Waals surface area contributed by atoms with Gasteiger partial charge in [0, 0.05) is 38.8 Å². The molecule has 2 heterocycles. The third-order valence-corrected chi connectivity index (χ3v) is 7.91. The van der Waals surface area contributed by atoms with Crippen LogP contribution in [0.2, 0.25) is 0 Å². The maximum atomic E-state index is 13.7. The minimum Gasteiger partial charge on any atom is -0.319 e. The highest BCUT2D eigenvalue weighted by molar-refractivity contribution is 5.77. The van der Waals surface area contributed by atoms with Crippen LogP contribution in [-0.2, 0) is 13.1 Å². The van der Waals surface area contributed by atoms with Gasteiger partial charge in [0.15, 0.2) is 0 Å². The molecule has 0 spiro atoms. The van der Waals surface area contributed by atoms with Crippen LogP contribution in [0.4, 0.5) is 4.79 Å². The summed E-state index contributed by atoms with van der Waals surface area (Å²) in [5, 5.41) is 0. The lowest BCUT2D eigenvalue weighted by molar-refractivity contribution is 0.126. The van der Waals surface area contributed by atoms with Gasteiger partial charge in [0.05, 0.1) is 6.04 Å². The molecule has 2 aromatic rings. The molecule has 32 heavy (non-hydrogen) atoms. The second-order valence-electron chi connectivity index (χ2n) is 10.0. The van der Waals surface area contributed by atoms with Gasteiger partial charge in [0.2, 0.25) is 0 Å². The second-order valence-corrected chi connectivity index (χ2v) is 10.0. The highest BCUT2D eigenvalue weighted by atomic mass is 16.2. The Kier molecular flexibility index (Phi) is 6.77.